The van der Waals surface area contributed by atoms with Gasteiger partial charge < -0.3 is 5.11 Å². The summed E-state index contributed by atoms with van der Waals surface area (Å²) in [6, 6.07) is 16.5. The molecule has 26 heavy (non-hydrogen) atoms. The van der Waals surface area contributed by atoms with E-state index in [2.05, 4.69) is 0 Å². The molecule has 136 valence electrons. The normalized spacial score (nSPS) is 12.2. The van der Waals surface area contributed by atoms with E-state index in [4.69, 9.17) is 5.11 Å². The quantitative estimate of drug-likeness (QED) is 0.505. The summed E-state index contributed by atoms with van der Waals surface area (Å²) in [6.07, 6.45) is 5.89. The number of aliphatic hydroxyl groups is 1. The van der Waals surface area contributed by atoms with Crippen LogP contribution in [0.5, 0.6) is 0 Å². The first-order chi connectivity index (χ1) is 12.5. The number of rotatable bonds is 7. The summed E-state index contributed by atoms with van der Waals surface area (Å²) in [4.78, 5) is 0.297. The van der Waals surface area contributed by atoms with E-state index in [0.717, 1.165) is 29.5 Å². The first kappa shape index (κ1) is 18.4. The van der Waals surface area contributed by atoms with Crippen LogP contribution in [0.15, 0.2) is 71.6 Å². The molecule has 0 bridgehead atoms. The fourth-order valence-electron chi connectivity index (χ4n) is 3.05. The standard InChI is InChI=1S/C21H23NO3S/c1-17-11-13-20(14-12-17)26(24,25)22-19(9-4-2-3-7-15-23)16-18-8-5-6-10-21(18)22/h3,5-8,10-14,16,23H,2,4,9,15H2,1H3/b7-3+. The topological polar surface area (TPSA) is 59.3 Å². The number of nitrogens with zero attached hydrogens (tertiary/aromatic N) is 1. The van der Waals surface area contributed by atoms with Gasteiger partial charge in [0.25, 0.3) is 10.0 Å². The number of hydrogen-bond donors (Lipinski definition) is 1. The van der Waals surface area contributed by atoms with Gasteiger partial charge in [-0.05, 0) is 50.5 Å². The van der Waals surface area contributed by atoms with Gasteiger partial charge in [0, 0.05) is 11.1 Å². The van der Waals surface area contributed by atoms with Crippen molar-refractivity contribution < 1.29 is 13.5 Å². The van der Waals surface area contributed by atoms with E-state index in [-0.39, 0.29) is 6.61 Å². The molecule has 0 saturated heterocycles. The van der Waals surface area contributed by atoms with Crippen molar-refractivity contribution in [2.75, 3.05) is 6.61 Å². The van der Waals surface area contributed by atoms with Crippen molar-refractivity contribution in [2.45, 2.75) is 31.1 Å². The SMILES string of the molecule is Cc1ccc(S(=O)(=O)n2c(CCC/C=C/CO)cc3ccccc32)cc1. The van der Waals surface area contributed by atoms with Crippen LogP contribution in [0.25, 0.3) is 10.9 Å². The molecule has 5 heteroatoms. The number of unbranched alkanes of at least 4 members (excludes halogenated alkanes) is 1. The molecule has 0 spiro atoms. The van der Waals surface area contributed by atoms with Gasteiger partial charge in [0.05, 0.1) is 17.0 Å². The van der Waals surface area contributed by atoms with Gasteiger partial charge in [0.2, 0.25) is 0 Å². The number of aliphatic hydroxyl groups excluding tert-OH is 1. The molecular weight excluding hydrogens is 346 g/mol. The van der Waals surface area contributed by atoms with Crippen LogP contribution in [0.1, 0.15) is 24.1 Å². The Morgan fingerprint density at radius 2 is 1.77 bits per heavy atom. The third kappa shape index (κ3) is 3.74. The van der Waals surface area contributed by atoms with Crippen molar-refractivity contribution in [1.29, 1.82) is 0 Å². The highest BCUT2D eigenvalue weighted by atomic mass is 32.2. The first-order valence-corrected chi connectivity index (χ1v) is 10.2. The van der Waals surface area contributed by atoms with Gasteiger partial charge in [-0.1, -0.05) is 48.0 Å². The van der Waals surface area contributed by atoms with Crippen LogP contribution in [-0.4, -0.2) is 24.1 Å². The third-order valence-corrected chi connectivity index (χ3v) is 6.15. The maximum Gasteiger partial charge on any atom is 0.268 e. The molecule has 0 unspecified atom stereocenters. The number of allylic oxidation sites excluding steroid dienone is 1. The number of aryl methyl sites for hydroxylation is 2. The van der Waals surface area contributed by atoms with Crippen LogP contribution in [0, 0.1) is 6.92 Å². The van der Waals surface area contributed by atoms with Gasteiger partial charge >= 0.3 is 0 Å². The average Bonchev–Trinajstić information content (AvgIpc) is 3.01. The zero-order valence-corrected chi connectivity index (χ0v) is 15.6. The molecule has 1 aromatic heterocycles. The number of hydrogen-bond acceptors (Lipinski definition) is 3. The molecule has 4 nitrogen and oxygen atoms in total. The Hall–Kier alpha value is -2.37. The van der Waals surface area contributed by atoms with Crippen molar-refractivity contribution in [2.24, 2.45) is 0 Å². The Labute approximate surface area is 154 Å². The van der Waals surface area contributed by atoms with E-state index in [0.29, 0.717) is 16.8 Å². The second kappa shape index (κ2) is 7.89. The van der Waals surface area contributed by atoms with Crippen LogP contribution in [0.2, 0.25) is 0 Å². The van der Waals surface area contributed by atoms with Crippen molar-refractivity contribution in [3.8, 4) is 0 Å². The first-order valence-electron chi connectivity index (χ1n) is 8.71. The summed E-state index contributed by atoms with van der Waals surface area (Å²) in [5.74, 6) is 0. The number of aromatic nitrogens is 1. The second-order valence-corrected chi connectivity index (χ2v) is 8.11. The molecule has 1 heterocycles. The Balaban J connectivity index is 2.03. The molecule has 2 aromatic carbocycles. The molecule has 0 saturated carbocycles. The molecule has 0 radical (unpaired) electrons. The van der Waals surface area contributed by atoms with Crippen molar-refractivity contribution >= 4 is 20.9 Å². The van der Waals surface area contributed by atoms with Gasteiger partial charge in [0.1, 0.15) is 0 Å². The maximum atomic E-state index is 13.3. The molecule has 0 amide bonds. The largest absolute Gasteiger partial charge is 0.392 e. The molecule has 0 atom stereocenters. The van der Waals surface area contributed by atoms with E-state index in [9.17, 15) is 8.42 Å². The minimum atomic E-state index is -3.66. The maximum absolute atomic E-state index is 13.3. The van der Waals surface area contributed by atoms with E-state index >= 15 is 0 Å². The molecule has 0 aliphatic carbocycles. The zero-order valence-electron chi connectivity index (χ0n) is 14.8. The van der Waals surface area contributed by atoms with E-state index in [1.807, 2.05) is 55.5 Å². The number of fused-ring (bicyclic) bond motifs is 1. The fourth-order valence-corrected chi connectivity index (χ4v) is 4.62. The monoisotopic (exact) mass is 369 g/mol. The molecule has 0 fully saturated rings. The summed E-state index contributed by atoms with van der Waals surface area (Å²) in [7, 11) is -3.66. The molecule has 0 aliphatic heterocycles. The Kier molecular flexibility index (Phi) is 5.59. The van der Waals surface area contributed by atoms with E-state index in [1.165, 1.54) is 3.97 Å². The van der Waals surface area contributed by atoms with Crippen molar-refractivity contribution in [3.05, 3.63) is 78.0 Å². The van der Waals surface area contributed by atoms with Crippen LogP contribution in [0.3, 0.4) is 0 Å². The fraction of sp³-hybridized carbons (Fsp3) is 0.238. The lowest BCUT2D eigenvalue weighted by Gasteiger charge is -2.12. The van der Waals surface area contributed by atoms with Crippen molar-refractivity contribution in [1.82, 2.24) is 3.97 Å². The lowest BCUT2D eigenvalue weighted by molar-refractivity contribution is 0.342. The third-order valence-electron chi connectivity index (χ3n) is 4.37. The number of benzene rings is 2. The summed E-state index contributed by atoms with van der Waals surface area (Å²) in [6.45, 7) is 1.97. The summed E-state index contributed by atoms with van der Waals surface area (Å²) < 4.78 is 28.1. The Morgan fingerprint density at radius 1 is 1.04 bits per heavy atom. The van der Waals surface area contributed by atoms with Gasteiger partial charge in [-0.2, -0.15) is 0 Å². The minimum Gasteiger partial charge on any atom is -0.392 e. The molecule has 0 aliphatic rings. The molecule has 3 aromatic rings. The summed E-state index contributed by atoms with van der Waals surface area (Å²) in [5.41, 5.74) is 2.51. The molecule has 3 rings (SSSR count). The average molecular weight is 369 g/mol. The Morgan fingerprint density at radius 3 is 2.50 bits per heavy atom. The van der Waals surface area contributed by atoms with Crippen LogP contribution in [-0.2, 0) is 16.4 Å². The lowest BCUT2D eigenvalue weighted by atomic mass is 10.2. The van der Waals surface area contributed by atoms with Gasteiger partial charge in [-0.3, -0.25) is 0 Å². The van der Waals surface area contributed by atoms with E-state index in [1.54, 1.807) is 18.2 Å². The molecular formula is C21H23NO3S. The Bertz CT molecular complexity index is 1020. The van der Waals surface area contributed by atoms with Gasteiger partial charge in [0.15, 0.2) is 0 Å². The summed E-state index contributed by atoms with van der Waals surface area (Å²) in [5, 5.41) is 9.72. The highest BCUT2D eigenvalue weighted by Crippen LogP contribution is 2.27. The van der Waals surface area contributed by atoms with Crippen LogP contribution >= 0.6 is 0 Å². The molecule has 1 N–H and O–H groups in total. The van der Waals surface area contributed by atoms with Gasteiger partial charge in [-0.25, -0.2) is 12.4 Å². The van der Waals surface area contributed by atoms with Crippen LogP contribution < -0.4 is 0 Å². The van der Waals surface area contributed by atoms with E-state index < -0.39 is 10.0 Å². The van der Waals surface area contributed by atoms with Crippen LogP contribution in [0.4, 0.5) is 0 Å². The van der Waals surface area contributed by atoms with Gasteiger partial charge in [-0.15, -0.1) is 0 Å². The smallest absolute Gasteiger partial charge is 0.268 e. The zero-order chi connectivity index (χ0) is 18.6. The summed E-state index contributed by atoms with van der Waals surface area (Å²) >= 11 is 0. The minimum absolute atomic E-state index is 0.0298. The predicted molar refractivity (Wildman–Crippen MR) is 105 cm³/mol. The predicted octanol–water partition coefficient (Wildman–Crippen LogP) is 4.06. The second-order valence-electron chi connectivity index (χ2n) is 6.32. The lowest BCUT2D eigenvalue weighted by Crippen LogP contribution is -2.15. The van der Waals surface area contributed by atoms with Crippen molar-refractivity contribution in [3.63, 3.8) is 0 Å². The highest BCUT2D eigenvalue weighted by Gasteiger charge is 2.22. The highest BCUT2D eigenvalue weighted by molar-refractivity contribution is 7.90. The number of para-hydroxylation sites is 1.